The maximum atomic E-state index is 12.6. The molecule has 0 fully saturated rings. The van der Waals surface area contributed by atoms with E-state index in [2.05, 4.69) is 5.16 Å². The first kappa shape index (κ1) is 14.8. The van der Waals surface area contributed by atoms with Gasteiger partial charge in [0.15, 0.2) is 11.5 Å². The number of hydrogen-bond donors (Lipinski definition) is 0. The highest BCUT2D eigenvalue weighted by Crippen LogP contribution is 2.23. The minimum Gasteiger partial charge on any atom is -0.497 e. The molecule has 0 aliphatic carbocycles. The highest BCUT2D eigenvalue weighted by molar-refractivity contribution is 6.04. The number of anilines is 1. The average molecular weight is 308 g/mol. The van der Waals surface area contributed by atoms with Gasteiger partial charge in [-0.25, -0.2) is 0 Å². The van der Waals surface area contributed by atoms with Crippen molar-refractivity contribution in [1.82, 2.24) is 5.16 Å². The van der Waals surface area contributed by atoms with E-state index in [1.807, 2.05) is 48.5 Å². The number of aromatic nitrogens is 1. The van der Waals surface area contributed by atoms with Crippen molar-refractivity contribution >= 4 is 11.6 Å². The second-order valence-electron chi connectivity index (χ2n) is 5.01. The Hall–Kier alpha value is -3.08. The van der Waals surface area contributed by atoms with Gasteiger partial charge < -0.3 is 14.2 Å². The first-order valence-corrected chi connectivity index (χ1v) is 7.13. The summed E-state index contributed by atoms with van der Waals surface area (Å²) in [6.45, 7) is 0. The van der Waals surface area contributed by atoms with Crippen LogP contribution in [0.1, 0.15) is 10.5 Å². The number of carbonyl (C=O) groups is 1. The van der Waals surface area contributed by atoms with Gasteiger partial charge in [0.1, 0.15) is 5.75 Å². The van der Waals surface area contributed by atoms with Gasteiger partial charge in [-0.15, -0.1) is 0 Å². The Labute approximate surface area is 134 Å². The molecule has 3 rings (SSSR count). The fourth-order valence-corrected chi connectivity index (χ4v) is 2.22. The molecule has 0 unspecified atom stereocenters. The van der Waals surface area contributed by atoms with Crippen molar-refractivity contribution in [3.05, 3.63) is 66.4 Å². The van der Waals surface area contributed by atoms with Gasteiger partial charge in [0.05, 0.1) is 7.11 Å². The third kappa shape index (κ3) is 3.08. The molecule has 1 heterocycles. The van der Waals surface area contributed by atoms with Crippen molar-refractivity contribution in [2.24, 2.45) is 0 Å². The normalized spacial score (nSPS) is 10.3. The molecule has 0 aliphatic heterocycles. The van der Waals surface area contributed by atoms with E-state index >= 15 is 0 Å². The van der Waals surface area contributed by atoms with Gasteiger partial charge >= 0.3 is 0 Å². The molecule has 0 atom stereocenters. The maximum Gasteiger partial charge on any atom is 0.280 e. The second-order valence-corrected chi connectivity index (χ2v) is 5.01. The molecule has 5 heteroatoms. The van der Waals surface area contributed by atoms with Crippen molar-refractivity contribution in [1.29, 1.82) is 0 Å². The lowest BCUT2D eigenvalue weighted by atomic mass is 10.1. The summed E-state index contributed by atoms with van der Waals surface area (Å²) >= 11 is 0. The third-order valence-corrected chi connectivity index (χ3v) is 3.53. The fourth-order valence-electron chi connectivity index (χ4n) is 2.22. The Balaban J connectivity index is 1.84. The number of rotatable bonds is 4. The van der Waals surface area contributed by atoms with E-state index < -0.39 is 0 Å². The number of hydrogen-bond acceptors (Lipinski definition) is 4. The van der Waals surface area contributed by atoms with Crippen molar-refractivity contribution in [2.45, 2.75) is 0 Å². The summed E-state index contributed by atoms with van der Waals surface area (Å²) in [6.07, 6.45) is 0. The van der Waals surface area contributed by atoms with Crippen molar-refractivity contribution in [3.8, 4) is 17.1 Å². The van der Waals surface area contributed by atoms with E-state index in [0.29, 0.717) is 11.5 Å². The van der Waals surface area contributed by atoms with Gasteiger partial charge in [-0.1, -0.05) is 41.6 Å². The Morgan fingerprint density at radius 3 is 2.61 bits per heavy atom. The Morgan fingerprint density at radius 2 is 1.87 bits per heavy atom. The highest BCUT2D eigenvalue weighted by atomic mass is 16.5. The summed E-state index contributed by atoms with van der Waals surface area (Å²) in [5, 5.41) is 3.88. The Morgan fingerprint density at radius 1 is 1.09 bits per heavy atom. The van der Waals surface area contributed by atoms with Gasteiger partial charge in [0, 0.05) is 30.4 Å². The van der Waals surface area contributed by atoms with Crippen molar-refractivity contribution in [2.75, 3.05) is 19.1 Å². The van der Waals surface area contributed by atoms with E-state index in [4.69, 9.17) is 9.26 Å². The second kappa shape index (κ2) is 6.36. The highest BCUT2D eigenvalue weighted by Gasteiger charge is 2.19. The minimum atomic E-state index is -0.246. The van der Waals surface area contributed by atoms with Crippen LogP contribution in [0.25, 0.3) is 11.3 Å². The molecule has 1 amide bonds. The summed E-state index contributed by atoms with van der Waals surface area (Å²) in [4.78, 5) is 14.1. The number of amides is 1. The van der Waals surface area contributed by atoms with Crippen LogP contribution in [-0.4, -0.2) is 25.2 Å². The molecule has 0 radical (unpaired) electrons. The van der Waals surface area contributed by atoms with Crippen molar-refractivity contribution in [3.63, 3.8) is 0 Å². The van der Waals surface area contributed by atoms with Gasteiger partial charge in [-0.3, -0.25) is 4.79 Å². The van der Waals surface area contributed by atoms with Gasteiger partial charge in [0.25, 0.3) is 5.91 Å². The summed E-state index contributed by atoms with van der Waals surface area (Å²) in [7, 11) is 3.28. The van der Waals surface area contributed by atoms with Crippen LogP contribution in [0.4, 0.5) is 5.69 Å². The molecule has 23 heavy (non-hydrogen) atoms. The third-order valence-electron chi connectivity index (χ3n) is 3.53. The molecule has 0 spiro atoms. The van der Waals surface area contributed by atoms with Crippen LogP contribution < -0.4 is 9.64 Å². The lowest BCUT2D eigenvalue weighted by molar-refractivity contribution is 0.0984. The van der Waals surface area contributed by atoms with Gasteiger partial charge in [-0.05, 0) is 12.1 Å². The van der Waals surface area contributed by atoms with Crippen molar-refractivity contribution < 1.29 is 14.1 Å². The van der Waals surface area contributed by atoms with Gasteiger partial charge in [0.2, 0.25) is 0 Å². The molecule has 2 aromatic carbocycles. The van der Waals surface area contributed by atoms with E-state index in [9.17, 15) is 4.79 Å². The zero-order valence-electron chi connectivity index (χ0n) is 12.9. The molecular weight excluding hydrogens is 292 g/mol. The molecular formula is C18H16N2O3. The first-order chi connectivity index (χ1) is 11.2. The quantitative estimate of drug-likeness (QED) is 0.738. The minimum absolute atomic E-state index is 0.246. The van der Waals surface area contributed by atoms with Gasteiger partial charge in [-0.2, -0.15) is 0 Å². The molecule has 1 aromatic heterocycles. The largest absolute Gasteiger partial charge is 0.497 e. The molecule has 0 N–H and O–H groups in total. The number of ether oxygens (including phenoxy) is 1. The molecule has 0 saturated heterocycles. The Kier molecular flexibility index (Phi) is 4.10. The van der Waals surface area contributed by atoms with Crippen LogP contribution in [-0.2, 0) is 0 Å². The predicted octanol–water partition coefficient (Wildman–Crippen LogP) is 3.63. The number of carbonyl (C=O) groups excluding carboxylic acids is 1. The maximum absolute atomic E-state index is 12.6. The summed E-state index contributed by atoms with van der Waals surface area (Å²) in [6, 6.07) is 18.5. The van der Waals surface area contributed by atoms with Crippen LogP contribution in [0, 0.1) is 0 Å². The molecule has 0 saturated carbocycles. The monoisotopic (exact) mass is 308 g/mol. The number of methoxy groups -OCH3 is 1. The molecule has 116 valence electrons. The lowest BCUT2D eigenvalue weighted by Gasteiger charge is -2.16. The number of nitrogens with zero attached hydrogens (tertiary/aromatic N) is 2. The topological polar surface area (TPSA) is 55.6 Å². The smallest absolute Gasteiger partial charge is 0.280 e. The molecule has 5 nitrogen and oxygen atoms in total. The molecule has 0 bridgehead atoms. The summed E-state index contributed by atoms with van der Waals surface area (Å²) in [5.41, 5.74) is 1.86. The van der Waals surface area contributed by atoms with E-state index in [-0.39, 0.29) is 11.6 Å². The fraction of sp³-hybridized carbons (Fsp3) is 0.111. The Bertz CT molecular complexity index is 812. The average Bonchev–Trinajstić information content (AvgIpc) is 3.11. The SMILES string of the molecule is COc1cccc(N(C)C(=O)c2cc(-c3ccccc3)on2)c1. The molecule has 0 aliphatic rings. The zero-order valence-corrected chi connectivity index (χ0v) is 12.9. The lowest BCUT2D eigenvalue weighted by Crippen LogP contribution is -2.26. The van der Waals surface area contributed by atoms with E-state index in [1.165, 1.54) is 4.90 Å². The van der Waals surface area contributed by atoms with Crippen LogP contribution in [0.15, 0.2) is 65.2 Å². The van der Waals surface area contributed by atoms with E-state index in [0.717, 1.165) is 11.3 Å². The van der Waals surface area contributed by atoms with E-state index in [1.54, 1.807) is 26.3 Å². The standard InChI is InChI=1S/C18H16N2O3/c1-20(14-9-6-10-15(11-14)22-2)18(21)16-12-17(23-19-16)13-7-4-3-5-8-13/h3-12H,1-2H3. The zero-order chi connectivity index (χ0) is 16.2. The van der Waals surface area contributed by atoms with Crippen LogP contribution in [0.5, 0.6) is 5.75 Å². The van der Waals surface area contributed by atoms with Crippen LogP contribution in [0.2, 0.25) is 0 Å². The van der Waals surface area contributed by atoms with Crippen LogP contribution >= 0.6 is 0 Å². The van der Waals surface area contributed by atoms with Crippen LogP contribution in [0.3, 0.4) is 0 Å². The number of benzene rings is 2. The first-order valence-electron chi connectivity index (χ1n) is 7.13. The molecule has 3 aromatic rings. The summed E-state index contributed by atoms with van der Waals surface area (Å²) < 4.78 is 10.5. The predicted molar refractivity (Wildman–Crippen MR) is 87.7 cm³/mol. The summed E-state index contributed by atoms with van der Waals surface area (Å²) in [5.74, 6) is 1.00.